The molecule has 1 heterocycles. The molecule has 3 aromatic rings. The van der Waals surface area contributed by atoms with Crippen molar-refractivity contribution in [2.45, 2.75) is 53.9 Å². The van der Waals surface area contributed by atoms with Gasteiger partial charge in [0.25, 0.3) is 0 Å². The fourth-order valence-electron chi connectivity index (χ4n) is 3.10. The van der Waals surface area contributed by atoms with E-state index >= 15 is 0 Å². The number of hydrogen-bond acceptors (Lipinski definition) is 2. The molecule has 0 bridgehead atoms. The lowest BCUT2D eigenvalue weighted by molar-refractivity contribution is -0.117. The van der Waals surface area contributed by atoms with Crippen LogP contribution in [0.1, 0.15) is 51.7 Å². The maximum Gasteiger partial charge on any atom is 0.135 e. The van der Waals surface area contributed by atoms with Gasteiger partial charge in [-0.2, -0.15) is 0 Å². The number of aryl methyl sites for hydroxylation is 2. The lowest BCUT2D eigenvalue weighted by Gasteiger charge is -2.08. The van der Waals surface area contributed by atoms with Gasteiger partial charge in [-0.05, 0) is 50.3 Å². The standard InChI is InChI=1S/C22H24O2.C2H6/c1-15-5-9-19(10-6-15)22-14-20-11-8-18(13-21(20)24-22)7-4-16(2)12-17(3)23;1-2/h5-6,8-11,13-14,16H,4,7,12H2,1-3H3;1-2H3/t16-;/m0./s1. The molecule has 1 aromatic heterocycles. The van der Waals surface area contributed by atoms with Crippen molar-refractivity contribution in [3.63, 3.8) is 0 Å². The van der Waals surface area contributed by atoms with Gasteiger partial charge in [0, 0.05) is 17.4 Å². The number of rotatable bonds is 6. The van der Waals surface area contributed by atoms with Crippen molar-refractivity contribution < 1.29 is 9.21 Å². The van der Waals surface area contributed by atoms with Gasteiger partial charge in [0.05, 0.1) is 0 Å². The Morgan fingerprint density at radius 2 is 1.73 bits per heavy atom. The second-order valence-electron chi connectivity index (χ2n) is 6.90. The molecule has 0 saturated heterocycles. The van der Waals surface area contributed by atoms with Crippen LogP contribution < -0.4 is 0 Å². The lowest BCUT2D eigenvalue weighted by atomic mass is 9.96. The number of ketones is 1. The van der Waals surface area contributed by atoms with Gasteiger partial charge in [-0.1, -0.05) is 62.7 Å². The normalized spacial score (nSPS) is 11.7. The number of furan rings is 1. The minimum absolute atomic E-state index is 0.270. The number of carbonyl (C=O) groups is 1. The van der Waals surface area contributed by atoms with Gasteiger partial charge in [-0.25, -0.2) is 0 Å². The Morgan fingerprint density at radius 1 is 1.04 bits per heavy atom. The highest BCUT2D eigenvalue weighted by Crippen LogP contribution is 2.29. The SMILES string of the molecule is CC.CC(=O)C[C@@H](C)CCc1ccc2cc(-c3ccc(C)cc3)oc2c1. The Morgan fingerprint density at radius 3 is 2.38 bits per heavy atom. The quantitative estimate of drug-likeness (QED) is 0.480. The Balaban J connectivity index is 0.00000117. The minimum atomic E-state index is 0.270. The van der Waals surface area contributed by atoms with Gasteiger partial charge in [0.15, 0.2) is 0 Å². The molecule has 1 atom stereocenters. The van der Waals surface area contributed by atoms with E-state index in [-0.39, 0.29) is 5.78 Å². The van der Waals surface area contributed by atoms with Crippen LogP contribution in [0, 0.1) is 12.8 Å². The second kappa shape index (κ2) is 9.38. The van der Waals surface area contributed by atoms with E-state index in [2.05, 4.69) is 62.4 Å². The van der Waals surface area contributed by atoms with E-state index in [0.29, 0.717) is 12.3 Å². The summed E-state index contributed by atoms with van der Waals surface area (Å²) in [5.74, 6) is 1.61. The second-order valence-corrected chi connectivity index (χ2v) is 6.90. The molecule has 0 saturated carbocycles. The number of benzene rings is 2. The van der Waals surface area contributed by atoms with Crippen LogP contribution in [0.5, 0.6) is 0 Å². The van der Waals surface area contributed by atoms with E-state index in [1.165, 1.54) is 11.1 Å². The summed E-state index contributed by atoms with van der Waals surface area (Å²) in [4.78, 5) is 11.2. The van der Waals surface area contributed by atoms with Crippen molar-refractivity contribution in [2.24, 2.45) is 5.92 Å². The van der Waals surface area contributed by atoms with Crippen molar-refractivity contribution in [3.8, 4) is 11.3 Å². The first kappa shape index (κ1) is 20.0. The van der Waals surface area contributed by atoms with Gasteiger partial charge in [0.2, 0.25) is 0 Å². The summed E-state index contributed by atoms with van der Waals surface area (Å²) in [5.41, 5.74) is 4.55. The maximum atomic E-state index is 11.2. The molecule has 0 unspecified atom stereocenters. The third kappa shape index (κ3) is 5.32. The highest BCUT2D eigenvalue weighted by atomic mass is 16.3. The molecule has 0 aliphatic carbocycles. The Kier molecular flexibility index (Phi) is 7.20. The molecular formula is C24H30O2. The average molecular weight is 351 g/mol. The van der Waals surface area contributed by atoms with Crippen LogP contribution in [0.15, 0.2) is 52.9 Å². The summed E-state index contributed by atoms with van der Waals surface area (Å²) in [6.07, 6.45) is 2.67. The topological polar surface area (TPSA) is 30.2 Å². The zero-order chi connectivity index (χ0) is 19.1. The van der Waals surface area contributed by atoms with E-state index in [0.717, 1.165) is 35.1 Å². The summed E-state index contributed by atoms with van der Waals surface area (Å²) in [6, 6.07) is 16.9. The van der Waals surface area contributed by atoms with Crippen LogP contribution in [-0.4, -0.2) is 5.78 Å². The molecule has 2 heteroatoms. The largest absolute Gasteiger partial charge is 0.456 e. The van der Waals surface area contributed by atoms with E-state index < -0.39 is 0 Å². The molecule has 0 spiro atoms. The molecule has 2 aromatic carbocycles. The summed E-state index contributed by atoms with van der Waals surface area (Å²) in [6.45, 7) is 9.89. The van der Waals surface area contributed by atoms with Crippen molar-refractivity contribution in [3.05, 3.63) is 59.7 Å². The first-order chi connectivity index (χ1) is 12.5. The highest BCUT2D eigenvalue weighted by Gasteiger charge is 2.09. The molecule has 0 aliphatic rings. The van der Waals surface area contributed by atoms with E-state index in [9.17, 15) is 4.79 Å². The van der Waals surface area contributed by atoms with Gasteiger partial charge in [-0.15, -0.1) is 0 Å². The zero-order valence-corrected chi connectivity index (χ0v) is 16.6. The van der Waals surface area contributed by atoms with Crippen LogP contribution in [-0.2, 0) is 11.2 Å². The van der Waals surface area contributed by atoms with Crippen LogP contribution in [0.4, 0.5) is 0 Å². The minimum Gasteiger partial charge on any atom is -0.456 e. The Hall–Kier alpha value is -2.35. The smallest absolute Gasteiger partial charge is 0.135 e. The van der Waals surface area contributed by atoms with Gasteiger partial charge in [-0.3, -0.25) is 0 Å². The summed E-state index contributed by atoms with van der Waals surface area (Å²) < 4.78 is 6.05. The molecule has 26 heavy (non-hydrogen) atoms. The molecule has 2 nitrogen and oxygen atoms in total. The first-order valence-electron chi connectivity index (χ1n) is 9.60. The molecule has 138 valence electrons. The average Bonchev–Trinajstić information content (AvgIpc) is 3.05. The number of fused-ring (bicyclic) bond motifs is 1. The zero-order valence-electron chi connectivity index (χ0n) is 16.6. The predicted molar refractivity (Wildman–Crippen MR) is 111 cm³/mol. The van der Waals surface area contributed by atoms with Gasteiger partial charge < -0.3 is 9.21 Å². The summed E-state index contributed by atoms with van der Waals surface area (Å²) in [7, 11) is 0. The third-order valence-corrected chi connectivity index (χ3v) is 4.48. The van der Waals surface area contributed by atoms with E-state index in [1.54, 1.807) is 6.92 Å². The molecule has 0 radical (unpaired) electrons. The first-order valence-corrected chi connectivity index (χ1v) is 9.60. The summed E-state index contributed by atoms with van der Waals surface area (Å²) in [5, 5.41) is 1.13. The fraction of sp³-hybridized carbons (Fsp3) is 0.375. The van der Waals surface area contributed by atoms with Crippen molar-refractivity contribution in [2.75, 3.05) is 0 Å². The van der Waals surface area contributed by atoms with Gasteiger partial charge >= 0.3 is 0 Å². The van der Waals surface area contributed by atoms with Crippen molar-refractivity contribution >= 4 is 16.8 Å². The van der Waals surface area contributed by atoms with Crippen LogP contribution >= 0.6 is 0 Å². The van der Waals surface area contributed by atoms with Crippen molar-refractivity contribution in [1.82, 2.24) is 0 Å². The number of hydrogen-bond donors (Lipinski definition) is 0. The molecule has 0 aliphatic heterocycles. The summed E-state index contributed by atoms with van der Waals surface area (Å²) >= 11 is 0. The van der Waals surface area contributed by atoms with Crippen molar-refractivity contribution in [1.29, 1.82) is 0 Å². The highest BCUT2D eigenvalue weighted by molar-refractivity contribution is 5.83. The molecule has 0 fully saturated rings. The van der Waals surface area contributed by atoms with Crippen LogP contribution in [0.2, 0.25) is 0 Å². The van der Waals surface area contributed by atoms with Gasteiger partial charge in [0.1, 0.15) is 17.1 Å². The molecular weight excluding hydrogens is 320 g/mol. The third-order valence-electron chi connectivity index (χ3n) is 4.48. The fourth-order valence-corrected chi connectivity index (χ4v) is 3.10. The van der Waals surface area contributed by atoms with E-state index in [1.807, 2.05) is 13.8 Å². The Labute approximate surface area is 157 Å². The number of carbonyl (C=O) groups excluding carboxylic acids is 1. The Bertz CT molecular complexity index is 840. The molecule has 3 rings (SSSR count). The van der Waals surface area contributed by atoms with Crippen LogP contribution in [0.3, 0.4) is 0 Å². The number of Topliss-reactive ketones (excluding diaryl/α,β-unsaturated/α-hetero) is 1. The monoisotopic (exact) mass is 350 g/mol. The molecule has 0 amide bonds. The predicted octanol–water partition coefficient (Wildman–Crippen LogP) is 6.98. The maximum absolute atomic E-state index is 11.2. The van der Waals surface area contributed by atoms with Crippen LogP contribution in [0.25, 0.3) is 22.3 Å². The lowest BCUT2D eigenvalue weighted by Crippen LogP contribution is -2.03. The van der Waals surface area contributed by atoms with E-state index in [4.69, 9.17) is 4.42 Å². The molecule has 0 N–H and O–H groups in total.